The summed E-state index contributed by atoms with van der Waals surface area (Å²) in [6.07, 6.45) is 9.52. The standard InChI is InChI=1S/C14H27NO/c1-12(10-14(2,3)16-4)15-11-13-8-6-5-7-9-13/h5-6,12-13,15H,7-11H2,1-4H3. The number of hydrogen-bond acceptors (Lipinski definition) is 2. The maximum atomic E-state index is 5.45. The maximum absolute atomic E-state index is 5.45. The molecule has 0 aliphatic heterocycles. The van der Waals surface area contributed by atoms with E-state index in [4.69, 9.17) is 4.74 Å². The third-order valence-corrected chi connectivity index (χ3v) is 3.48. The second-order valence-corrected chi connectivity index (χ2v) is 5.63. The summed E-state index contributed by atoms with van der Waals surface area (Å²) in [5, 5.41) is 3.63. The molecule has 16 heavy (non-hydrogen) atoms. The fourth-order valence-electron chi connectivity index (χ4n) is 2.30. The summed E-state index contributed by atoms with van der Waals surface area (Å²) in [5.41, 5.74) is -0.0150. The van der Waals surface area contributed by atoms with Crippen molar-refractivity contribution in [3.05, 3.63) is 12.2 Å². The average Bonchev–Trinajstić information content (AvgIpc) is 2.27. The minimum Gasteiger partial charge on any atom is -0.379 e. The molecule has 0 radical (unpaired) electrons. The Labute approximate surface area is 100 Å². The molecule has 2 atom stereocenters. The third kappa shape index (κ3) is 5.13. The summed E-state index contributed by atoms with van der Waals surface area (Å²) < 4.78 is 5.45. The van der Waals surface area contributed by atoms with Gasteiger partial charge in [0, 0.05) is 13.2 Å². The first-order chi connectivity index (χ1) is 7.53. The molecule has 94 valence electrons. The highest BCUT2D eigenvalue weighted by atomic mass is 16.5. The van der Waals surface area contributed by atoms with Gasteiger partial charge < -0.3 is 10.1 Å². The van der Waals surface area contributed by atoms with Crippen LogP contribution in [0.15, 0.2) is 12.2 Å². The molecule has 1 N–H and O–H groups in total. The first-order valence-electron chi connectivity index (χ1n) is 6.47. The summed E-state index contributed by atoms with van der Waals surface area (Å²) in [6.45, 7) is 7.69. The van der Waals surface area contributed by atoms with Gasteiger partial charge in [0.1, 0.15) is 0 Å². The van der Waals surface area contributed by atoms with E-state index in [1.165, 1.54) is 19.3 Å². The molecule has 2 heteroatoms. The lowest BCUT2D eigenvalue weighted by Gasteiger charge is -2.28. The fourth-order valence-corrected chi connectivity index (χ4v) is 2.30. The van der Waals surface area contributed by atoms with Gasteiger partial charge in [-0.05, 0) is 58.9 Å². The van der Waals surface area contributed by atoms with E-state index in [0.29, 0.717) is 6.04 Å². The number of nitrogens with one attached hydrogen (secondary N) is 1. The Balaban J connectivity index is 2.19. The van der Waals surface area contributed by atoms with Crippen molar-refractivity contribution in [1.29, 1.82) is 0 Å². The van der Waals surface area contributed by atoms with Gasteiger partial charge >= 0.3 is 0 Å². The molecule has 1 rings (SSSR count). The van der Waals surface area contributed by atoms with Gasteiger partial charge in [-0.3, -0.25) is 0 Å². The van der Waals surface area contributed by atoms with Gasteiger partial charge in [0.2, 0.25) is 0 Å². The summed E-state index contributed by atoms with van der Waals surface area (Å²) >= 11 is 0. The third-order valence-electron chi connectivity index (χ3n) is 3.48. The average molecular weight is 225 g/mol. The zero-order valence-electron chi connectivity index (χ0n) is 11.3. The second kappa shape index (κ2) is 6.41. The molecule has 1 aliphatic rings. The van der Waals surface area contributed by atoms with Crippen molar-refractivity contribution in [3.63, 3.8) is 0 Å². The summed E-state index contributed by atoms with van der Waals surface area (Å²) in [4.78, 5) is 0. The topological polar surface area (TPSA) is 21.3 Å². The number of ether oxygens (including phenoxy) is 1. The maximum Gasteiger partial charge on any atom is 0.0637 e. The molecular formula is C14H27NO. The SMILES string of the molecule is COC(C)(C)CC(C)NCC1CC=CCC1. The minimum atomic E-state index is -0.0150. The molecule has 0 heterocycles. The van der Waals surface area contributed by atoms with Crippen molar-refractivity contribution in [2.24, 2.45) is 5.92 Å². The Morgan fingerprint density at radius 3 is 2.75 bits per heavy atom. The lowest BCUT2D eigenvalue weighted by molar-refractivity contribution is 0.00828. The van der Waals surface area contributed by atoms with Crippen LogP contribution in [0.1, 0.15) is 46.5 Å². The molecule has 0 spiro atoms. The van der Waals surface area contributed by atoms with Crippen molar-refractivity contribution in [2.45, 2.75) is 58.1 Å². The van der Waals surface area contributed by atoms with Gasteiger partial charge in [-0.25, -0.2) is 0 Å². The number of rotatable bonds is 6. The first-order valence-corrected chi connectivity index (χ1v) is 6.47. The monoisotopic (exact) mass is 225 g/mol. The van der Waals surface area contributed by atoms with Gasteiger partial charge in [0.15, 0.2) is 0 Å². The highest BCUT2D eigenvalue weighted by Crippen LogP contribution is 2.19. The van der Waals surface area contributed by atoms with Crippen LogP contribution >= 0.6 is 0 Å². The molecule has 2 unspecified atom stereocenters. The van der Waals surface area contributed by atoms with Crippen LogP contribution in [0.3, 0.4) is 0 Å². The molecule has 0 saturated carbocycles. The Morgan fingerprint density at radius 1 is 1.44 bits per heavy atom. The van der Waals surface area contributed by atoms with Crippen LogP contribution in [-0.2, 0) is 4.74 Å². The largest absolute Gasteiger partial charge is 0.379 e. The fraction of sp³-hybridized carbons (Fsp3) is 0.857. The smallest absolute Gasteiger partial charge is 0.0637 e. The second-order valence-electron chi connectivity index (χ2n) is 5.63. The molecule has 0 saturated heterocycles. The Morgan fingerprint density at radius 2 is 2.19 bits per heavy atom. The zero-order valence-corrected chi connectivity index (χ0v) is 11.3. The van der Waals surface area contributed by atoms with E-state index in [2.05, 4.69) is 38.2 Å². The van der Waals surface area contributed by atoms with Gasteiger partial charge in [-0.15, -0.1) is 0 Å². The lowest BCUT2D eigenvalue weighted by atomic mass is 9.93. The van der Waals surface area contributed by atoms with Crippen molar-refractivity contribution in [2.75, 3.05) is 13.7 Å². The summed E-state index contributed by atoms with van der Waals surface area (Å²) in [7, 11) is 1.79. The van der Waals surface area contributed by atoms with Crippen molar-refractivity contribution >= 4 is 0 Å². The van der Waals surface area contributed by atoms with Gasteiger partial charge in [0.25, 0.3) is 0 Å². The van der Waals surface area contributed by atoms with Crippen molar-refractivity contribution < 1.29 is 4.74 Å². The summed E-state index contributed by atoms with van der Waals surface area (Å²) in [5.74, 6) is 0.832. The molecule has 2 nitrogen and oxygen atoms in total. The quantitative estimate of drug-likeness (QED) is 0.701. The van der Waals surface area contributed by atoms with Crippen LogP contribution in [0.4, 0.5) is 0 Å². The molecule has 0 amide bonds. The van der Waals surface area contributed by atoms with E-state index in [9.17, 15) is 0 Å². The van der Waals surface area contributed by atoms with Crippen LogP contribution in [0.5, 0.6) is 0 Å². The van der Waals surface area contributed by atoms with Gasteiger partial charge in [-0.2, -0.15) is 0 Å². The molecule has 0 bridgehead atoms. The van der Waals surface area contributed by atoms with Crippen LogP contribution in [0.2, 0.25) is 0 Å². The van der Waals surface area contributed by atoms with E-state index in [0.717, 1.165) is 18.9 Å². The molecule has 0 aromatic heterocycles. The van der Waals surface area contributed by atoms with E-state index >= 15 is 0 Å². The zero-order chi connectivity index (χ0) is 12.0. The lowest BCUT2D eigenvalue weighted by Crippen LogP contribution is -2.38. The molecular weight excluding hydrogens is 198 g/mol. The van der Waals surface area contributed by atoms with Gasteiger partial charge in [0.05, 0.1) is 5.60 Å². The Hall–Kier alpha value is -0.340. The van der Waals surface area contributed by atoms with Crippen LogP contribution in [0, 0.1) is 5.92 Å². The van der Waals surface area contributed by atoms with E-state index in [1.807, 2.05) is 0 Å². The van der Waals surface area contributed by atoms with Crippen molar-refractivity contribution in [3.8, 4) is 0 Å². The minimum absolute atomic E-state index is 0.0150. The van der Waals surface area contributed by atoms with E-state index < -0.39 is 0 Å². The van der Waals surface area contributed by atoms with Crippen LogP contribution < -0.4 is 5.32 Å². The van der Waals surface area contributed by atoms with E-state index in [1.54, 1.807) is 7.11 Å². The van der Waals surface area contributed by atoms with Crippen LogP contribution in [0.25, 0.3) is 0 Å². The predicted octanol–water partition coefficient (Wildman–Crippen LogP) is 3.14. The first kappa shape index (κ1) is 13.7. The normalized spacial score (nSPS) is 23.4. The molecule has 1 aliphatic carbocycles. The van der Waals surface area contributed by atoms with Crippen molar-refractivity contribution in [1.82, 2.24) is 5.32 Å². The Kier molecular flexibility index (Phi) is 5.50. The van der Waals surface area contributed by atoms with Crippen LogP contribution in [-0.4, -0.2) is 25.3 Å². The van der Waals surface area contributed by atoms with E-state index in [-0.39, 0.29) is 5.60 Å². The summed E-state index contributed by atoms with van der Waals surface area (Å²) in [6, 6.07) is 0.529. The highest BCUT2D eigenvalue weighted by Gasteiger charge is 2.20. The highest BCUT2D eigenvalue weighted by molar-refractivity contribution is 4.91. The number of allylic oxidation sites excluding steroid dienone is 2. The number of methoxy groups -OCH3 is 1. The van der Waals surface area contributed by atoms with Gasteiger partial charge in [-0.1, -0.05) is 12.2 Å². The number of hydrogen-bond donors (Lipinski definition) is 1. The molecule has 0 aromatic carbocycles. The molecule has 0 aromatic rings. The molecule has 0 fully saturated rings. The predicted molar refractivity (Wildman–Crippen MR) is 69.7 cm³/mol. The Bertz CT molecular complexity index is 223.